The van der Waals surface area contributed by atoms with Gasteiger partial charge in [-0.15, -0.1) is 0 Å². The molecule has 1 aliphatic heterocycles. The fourth-order valence-electron chi connectivity index (χ4n) is 2.73. The van der Waals surface area contributed by atoms with E-state index in [1.165, 1.54) is 0 Å². The van der Waals surface area contributed by atoms with Gasteiger partial charge in [-0.2, -0.15) is 0 Å². The topological polar surface area (TPSA) is 49.4 Å². The van der Waals surface area contributed by atoms with Crippen molar-refractivity contribution < 1.29 is 9.59 Å². The van der Waals surface area contributed by atoms with Crippen LogP contribution in [0.1, 0.15) is 32.3 Å². The maximum Gasteiger partial charge on any atom is 0.226 e. The minimum atomic E-state index is 0.0355. The van der Waals surface area contributed by atoms with Crippen molar-refractivity contribution in [1.82, 2.24) is 10.2 Å². The number of benzene rings is 1. The molecule has 1 saturated heterocycles. The van der Waals surface area contributed by atoms with E-state index < -0.39 is 0 Å². The lowest BCUT2D eigenvalue weighted by Crippen LogP contribution is -2.44. The third kappa shape index (κ3) is 5.54. The van der Waals surface area contributed by atoms with Crippen molar-refractivity contribution >= 4 is 23.4 Å². The molecule has 0 aromatic heterocycles. The number of nitrogens with one attached hydrogen (secondary N) is 1. The molecule has 1 aromatic rings. The van der Waals surface area contributed by atoms with E-state index >= 15 is 0 Å². The SMILES string of the molecule is CC(C)CNC(=O)C1CCN(C(=O)Cc2ccc(Cl)cc2)CC1. The minimum Gasteiger partial charge on any atom is -0.356 e. The van der Waals surface area contributed by atoms with Crippen molar-refractivity contribution in [2.24, 2.45) is 11.8 Å². The number of amides is 2. The first-order valence-corrected chi connectivity index (χ1v) is 8.63. The van der Waals surface area contributed by atoms with Gasteiger partial charge in [-0.1, -0.05) is 37.6 Å². The van der Waals surface area contributed by atoms with E-state index in [1.807, 2.05) is 17.0 Å². The second kappa shape index (κ2) is 8.34. The van der Waals surface area contributed by atoms with Crippen molar-refractivity contribution in [1.29, 1.82) is 0 Å². The Morgan fingerprint density at radius 3 is 2.39 bits per heavy atom. The maximum atomic E-state index is 12.3. The molecule has 4 nitrogen and oxygen atoms in total. The summed E-state index contributed by atoms with van der Waals surface area (Å²) in [5, 5.41) is 3.66. The van der Waals surface area contributed by atoms with Crippen molar-refractivity contribution in [2.45, 2.75) is 33.1 Å². The predicted molar refractivity (Wildman–Crippen MR) is 92.3 cm³/mol. The Morgan fingerprint density at radius 1 is 1.22 bits per heavy atom. The summed E-state index contributed by atoms with van der Waals surface area (Å²) < 4.78 is 0. The molecule has 0 spiro atoms. The van der Waals surface area contributed by atoms with Gasteiger partial charge < -0.3 is 10.2 Å². The zero-order valence-electron chi connectivity index (χ0n) is 13.8. The Kier molecular flexibility index (Phi) is 6.46. The predicted octanol–water partition coefficient (Wildman–Crippen LogP) is 2.89. The molecule has 0 atom stereocenters. The standard InChI is InChI=1S/C18H25ClN2O2/c1-13(2)12-20-18(23)15-7-9-21(10-8-15)17(22)11-14-3-5-16(19)6-4-14/h3-6,13,15H,7-12H2,1-2H3,(H,20,23). The molecule has 1 N–H and O–H groups in total. The smallest absolute Gasteiger partial charge is 0.226 e. The molecule has 23 heavy (non-hydrogen) atoms. The van der Waals surface area contributed by atoms with Crippen LogP contribution in [0.5, 0.6) is 0 Å². The first kappa shape index (κ1) is 17.8. The summed E-state index contributed by atoms with van der Waals surface area (Å²) in [6, 6.07) is 7.36. The maximum absolute atomic E-state index is 12.3. The summed E-state index contributed by atoms with van der Waals surface area (Å²) in [5.74, 6) is 0.741. The normalized spacial score (nSPS) is 15.7. The summed E-state index contributed by atoms with van der Waals surface area (Å²) in [7, 11) is 0. The van der Waals surface area contributed by atoms with Crippen LogP contribution in [0.15, 0.2) is 24.3 Å². The van der Waals surface area contributed by atoms with Crippen molar-refractivity contribution in [3.05, 3.63) is 34.9 Å². The first-order chi connectivity index (χ1) is 11.0. The van der Waals surface area contributed by atoms with E-state index in [2.05, 4.69) is 19.2 Å². The third-order valence-corrected chi connectivity index (χ3v) is 4.42. The number of carbonyl (C=O) groups excluding carboxylic acids is 2. The van der Waals surface area contributed by atoms with Crippen LogP contribution in [0.2, 0.25) is 5.02 Å². The average molecular weight is 337 g/mol. The number of likely N-dealkylation sites (tertiary alicyclic amines) is 1. The molecular formula is C18H25ClN2O2. The van der Waals surface area contributed by atoms with E-state index in [1.54, 1.807) is 12.1 Å². The Labute approximate surface area is 143 Å². The van der Waals surface area contributed by atoms with Crippen LogP contribution in [0, 0.1) is 11.8 Å². The van der Waals surface area contributed by atoms with Gasteiger partial charge in [-0.05, 0) is 36.5 Å². The van der Waals surface area contributed by atoms with Gasteiger partial charge in [0, 0.05) is 30.6 Å². The van der Waals surface area contributed by atoms with Crippen LogP contribution in [-0.2, 0) is 16.0 Å². The van der Waals surface area contributed by atoms with Crippen LogP contribution < -0.4 is 5.32 Å². The van der Waals surface area contributed by atoms with E-state index in [0.29, 0.717) is 37.0 Å². The molecule has 0 saturated carbocycles. The van der Waals surface area contributed by atoms with Crippen molar-refractivity contribution in [3.8, 4) is 0 Å². The summed E-state index contributed by atoms with van der Waals surface area (Å²) in [4.78, 5) is 26.3. The number of halogens is 1. The molecule has 1 fully saturated rings. The van der Waals surface area contributed by atoms with Crippen LogP contribution in [0.4, 0.5) is 0 Å². The fraction of sp³-hybridized carbons (Fsp3) is 0.556. The number of rotatable bonds is 5. The monoisotopic (exact) mass is 336 g/mol. The van der Waals surface area contributed by atoms with Gasteiger partial charge in [0.2, 0.25) is 11.8 Å². The van der Waals surface area contributed by atoms with Crippen LogP contribution >= 0.6 is 11.6 Å². The largest absolute Gasteiger partial charge is 0.356 e. The Hall–Kier alpha value is -1.55. The lowest BCUT2D eigenvalue weighted by Gasteiger charge is -2.31. The van der Waals surface area contributed by atoms with Crippen LogP contribution in [0.25, 0.3) is 0 Å². The highest BCUT2D eigenvalue weighted by atomic mass is 35.5. The number of nitrogens with zero attached hydrogens (tertiary/aromatic N) is 1. The number of piperidine rings is 1. The van der Waals surface area contributed by atoms with Crippen LogP contribution in [-0.4, -0.2) is 36.3 Å². The molecule has 0 aliphatic carbocycles. The molecule has 1 aromatic carbocycles. The number of hydrogen-bond acceptors (Lipinski definition) is 2. The van der Waals surface area contributed by atoms with Crippen molar-refractivity contribution in [2.75, 3.05) is 19.6 Å². The molecule has 2 rings (SSSR count). The first-order valence-electron chi connectivity index (χ1n) is 8.25. The second-order valence-electron chi connectivity index (χ2n) is 6.60. The van der Waals surface area contributed by atoms with Gasteiger partial charge in [0.1, 0.15) is 0 Å². The van der Waals surface area contributed by atoms with Gasteiger partial charge in [-0.25, -0.2) is 0 Å². The second-order valence-corrected chi connectivity index (χ2v) is 7.03. The molecule has 1 aliphatic rings. The van der Waals surface area contributed by atoms with Crippen LogP contribution in [0.3, 0.4) is 0 Å². The number of carbonyl (C=O) groups is 2. The highest BCUT2D eigenvalue weighted by molar-refractivity contribution is 6.30. The molecule has 0 radical (unpaired) electrons. The zero-order chi connectivity index (χ0) is 16.8. The third-order valence-electron chi connectivity index (χ3n) is 4.17. The molecule has 126 valence electrons. The Bertz CT molecular complexity index is 534. The lowest BCUT2D eigenvalue weighted by molar-refractivity contribution is -0.135. The lowest BCUT2D eigenvalue weighted by atomic mass is 9.95. The fourth-order valence-corrected chi connectivity index (χ4v) is 2.85. The highest BCUT2D eigenvalue weighted by Gasteiger charge is 2.27. The van der Waals surface area contributed by atoms with E-state index in [0.717, 1.165) is 18.4 Å². The minimum absolute atomic E-state index is 0.0355. The molecule has 2 amide bonds. The summed E-state index contributed by atoms with van der Waals surface area (Å²) in [6.45, 7) is 6.20. The van der Waals surface area contributed by atoms with Gasteiger partial charge in [0.25, 0.3) is 0 Å². The van der Waals surface area contributed by atoms with Crippen molar-refractivity contribution in [3.63, 3.8) is 0 Å². The van der Waals surface area contributed by atoms with Gasteiger partial charge in [0.05, 0.1) is 6.42 Å². The molecular weight excluding hydrogens is 312 g/mol. The van der Waals surface area contributed by atoms with E-state index in [4.69, 9.17) is 11.6 Å². The summed E-state index contributed by atoms with van der Waals surface area (Å²) in [5.41, 5.74) is 0.969. The summed E-state index contributed by atoms with van der Waals surface area (Å²) >= 11 is 5.85. The molecule has 5 heteroatoms. The summed E-state index contributed by atoms with van der Waals surface area (Å²) in [6.07, 6.45) is 1.88. The van der Waals surface area contributed by atoms with Gasteiger partial charge in [-0.3, -0.25) is 9.59 Å². The van der Waals surface area contributed by atoms with E-state index in [9.17, 15) is 9.59 Å². The zero-order valence-corrected chi connectivity index (χ0v) is 14.6. The number of hydrogen-bond donors (Lipinski definition) is 1. The van der Waals surface area contributed by atoms with E-state index in [-0.39, 0.29) is 17.7 Å². The Balaban J connectivity index is 1.78. The van der Waals surface area contributed by atoms with Gasteiger partial charge in [0.15, 0.2) is 0 Å². The highest BCUT2D eigenvalue weighted by Crippen LogP contribution is 2.19. The molecule has 0 bridgehead atoms. The Morgan fingerprint density at radius 2 is 1.83 bits per heavy atom. The quantitative estimate of drug-likeness (QED) is 0.898. The van der Waals surface area contributed by atoms with Gasteiger partial charge >= 0.3 is 0 Å². The molecule has 1 heterocycles. The average Bonchev–Trinajstić information content (AvgIpc) is 2.55. The molecule has 0 unspecified atom stereocenters.